The van der Waals surface area contributed by atoms with E-state index >= 15 is 0 Å². The average Bonchev–Trinajstić information content (AvgIpc) is 2.40. The molecule has 0 radical (unpaired) electrons. The standard InChI is InChI=1S/C7H5ClO2.C6H15NO2/c8-6-4-2-1-3-5(6)7(9)10;1-8-5-3-7-4-6-9-2/h1-4H,(H,9,10);7H,3-6H2,1-2H3. The number of hydrogen-bond acceptors (Lipinski definition) is 4. The van der Waals surface area contributed by atoms with Crippen LogP contribution in [-0.4, -0.2) is 51.6 Å². The van der Waals surface area contributed by atoms with Gasteiger partial charge in [-0.2, -0.15) is 0 Å². The fraction of sp³-hybridized carbons (Fsp3) is 0.462. The first-order valence-corrected chi connectivity index (χ1v) is 6.17. The van der Waals surface area contributed by atoms with Crippen LogP contribution in [0, 0.1) is 0 Å². The minimum atomic E-state index is -0.995. The Hall–Kier alpha value is -1.14. The molecule has 108 valence electrons. The summed E-state index contributed by atoms with van der Waals surface area (Å²) in [6.07, 6.45) is 0. The monoisotopic (exact) mass is 289 g/mol. The number of carbonyl (C=O) groups is 1. The van der Waals surface area contributed by atoms with Gasteiger partial charge in [0.15, 0.2) is 0 Å². The van der Waals surface area contributed by atoms with Crippen molar-refractivity contribution in [1.82, 2.24) is 5.32 Å². The van der Waals surface area contributed by atoms with Crippen molar-refractivity contribution in [3.8, 4) is 0 Å². The van der Waals surface area contributed by atoms with Crippen LogP contribution in [-0.2, 0) is 9.47 Å². The Morgan fingerprint density at radius 2 is 1.74 bits per heavy atom. The molecule has 0 unspecified atom stereocenters. The molecular formula is C13H20ClNO4. The number of aromatic carboxylic acids is 1. The van der Waals surface area contributed by atoms with Gasteiger partial charge in [-0.1, -0.05) is 23.7 Å². The smallest absolute Gasteiger partial charge is 0.337 e. The summed E-state index contributed by atoms with van der Waals surface area (Å²) < 4.78 is 9.64. The van der Waals surface area contributed by atoms with Gasteiger partial charge in [-0.15, -0.1) is 0 Å². The maximum absolute atomic E-state index is 10.3. The molecule has 1 aromatic rings. The fourth-order valence-electron chi connectivity index (χ4n) is 1.11. The van der Waals surface area contributed by atoms with E-state index in [1.54, 1.807) is 32.4 Å². The summed E-state index contributed by atoms with van der Waals surface area (Å²) in [6.45, 7) is 3.34. The molecule has 0 aliphatic rings. The molecule has 0 heterocycles. The number of halogens is 1. The minimum Gasteiger partial charge on any atom is -0.478 e. The van der Waals surface area contributed by atoms with Gasteiger partial charge in [-0.3, -0.25) is 0 Å². The number of carboxylic acid groups (broad SMARTS) is 1. The summed E-state index contributed by atoms with van der Waals surface area (Å²) in [5, 5.41) is 11.9. The first kappa shape index (κ1) is 17.9. The zero-order chi connectivity index (χ0) is 14.5. The van der Waals surface area contributed by atoms with Gasteiger partial charge in [0, 0.05) is 27.3 Å². The van der Waals surface area contributed by atoms with Crippen molar-refractivity contribution in [2.75, 3.05) is 40.5 Å². The number of rotatable bonds is 7. The highest BCUT2D eigenvalue weighted by Crippen LogP contribution is 2.13. The van der Waals surface area contributed by atoms with Crippen molar-refractivity contribution in [2.45, 2.75) is 0 Å². The highest BCUT2D eigenvalue weighted by atomic mass is 35.5. The highest BCUT2D eigenvalue weighted by molar-refractivity contribution is 6.33. The maximum Gasteiger partial charge on any atom is 0.337 e. The summed E-state index contributed by atoms with van der Waals surface area (Å²) in [6, 6.07) is 6.33. The maximum atomic E-state index is 10.3. The van der Waals surface area contributed by atoms with Crippen LogP contribution in [0.1, 0.15) is 10.4 Å². The SMILES string of the molecule is COCCNCCOC.O=C(O)c1ccccc1Cl. The van der Waals surface area contributed by atoms with Crippen LogP contribution in [0.5, 0.6) is 0 Å². The largest absolute Gasteiger partial charge is 0.478 e. The quantitative estimate of drug-likeness (QED) is 0.751. The Bertz CT molecular complexity index is 354. The Labute approximate surface area is 118 Å². The van der Waals surface area contributed by atoms with Crippen LogP contribution in [0.2, 0.25) is 5.02 Å². The first-order valence-electron chi connectivity index (χ1n) is 5.80. The van der Waals surface area contributed by atoms with Crippen molar-refractivity contribution in [3.63, 3.8) is 0 Å². The second-order valence-corrected chi connectivity index (χ2v) is 3.93. The van der Waals surface area contributed by atoms with Crippen LogP contribution in [0.15, 0.2) is 24.3 Å². The van der Waals surface area contributed by atoms with Crippen molar-refractivity contribution in [3.05, 3.63) is 34.9 Å². The number of methoxy groups -OCH3 is 2. The summed E-state index contributed by atoms with van der Waals surface area (Å²) in [7, 11) is 3.38. The van der Waals surface area contributed by atoms with Gasteiger partial charge in [0.2, 0.25) is 0 Å². The zero-order valence-electron chi connectivity index (χ0n) is 11.2. The first-order chi connectivity index (χ1) is 9.13. The fourth-order valence-corrected chi connectivity index (χ4v) is 1.32. The van der Waals surface area contributed by atoms with E-state index in [-0.39, 0.29) is 10.6 Å². The second-order valence-electron chi connectivity index (χ2n) is 3.52. The third-order valence-electron chi connectivity index (χ3n) is 2.07. The molecule has 0 fully saturated rings. The topological polar surface area (TPSA) is 67.8 Å². The Balaban J connectivity index is 0.000000344. The highest BCUT2D eigenvalue weighted by Gasteiger charge is 2.04. The van der Waals surface area contributed by atoms with Crippen molar-refractivity contribution in [2.24, 2.45) is 0 Å². The summed E-state index contributed by atoms with van der Waals surface area (Å²) >= 11 is 5.54. The van der Waals surface area contributed by atoms with E-state index in [1.165, 1.54) is 6.07 Å². The molecular weight excluding hydrogens is 270 g/mol. The van der Waals surface area contributed by atoms with Gasteiger partial charge in [0.05, 0.1) is 23.8 Å². The van der Waals surface area contributed by atoms with Crippen molar-refractivity contribution < 1.29 is 19.4 Å². The van der Waals surface area contributed by atoms with E-state index in [0.717, 1.165) is 26.3 Å². The molecule has 0 bridgehead atoms. The van der Waals surface area contributed by atoms with Crippen LogP contribution in [0.3, 0.4) is 0 Å². The zero-order valence-corrected chi connectivity index (χ0v) is 11.9. The van der Waals surface area contributed by atoms with Crippen LogP contribution in [0.4, 0.5) is 0 Å². The molecule has 0 spiro atoms. The second kappa shape index (κ2) is 11.9. The van der Waals surface area contributed by atoms with Crippen LogP contribution < -0.4 is 5.32 Å². The van der Waals surface area contributed by atoms with Gasteiger partial charge < -0.3 is 19.9 Å². The molecule has 19 heavy (non-hydrogen) atoms. The van der Waals surface area contributed by atoms with E-state index in [2.05, 4.69) is 5.32 Å². The molecule has 2 N–H and O–H groups in total. The molecule has 1 rings (SSSR count). The Kier molecular flexibility index (Phi) is 11.2. The number of carboxylic acids is 1. The molecule has 0 atom stereocenters. The van der Waals surface area contributed by atoms with Crippen LogP contribution >= 0.6 is 11.6 Å². The third kappa shape index (κ3) is 9.44. The molecule has 0 aliphatic carbocycles. The lowest BCUT2D eigenvalue weighted by Crippen LogP contribution is -2.23. The minimum absolute atomic E-state index is 0.143. The van der Waals surface area contributed by atoms with Gasteiger partial charge in [0.1, 0.15) is 0 Å². The third-order valence-corrected chi connectivity index (χ3v) is 2.40. The normalized spacial score (nSPS) is 9.63. The van der Waals surface area contributed by atoms with E-state index < -0.39 is 5.97 Å². The summed E-state index contributed by atoms with van der Waals surface area (Å²) in [5.74, 6) is -0.995. The van der Waals surface area contributed by atoms with E-state index in [4.69, 9.17) is 26.2 Å². The van der Waals surface area contributed by atoms with Gasteiger partial charge >= 0.3 is 5.97 Å². The van der Waals surface area contributed by atoms with E-state index in [1.807, 2.05) is 0 Å². The summed E-state index contributed by atoms with van der Waals surface area (Å²) in [4.78, 5) is 10.3. The lowest BCUT2D eigenvalue weighted by Gasteiger charge is -2.01. The van der Waals surface area contributed by atoms with Crippen molar-refractivity contribution >= 4 is 17.6 Å². The molecule has 0 aliphatic heterocycles. The molecule has 5 nitrogen and oxygen atoms in total. The van der Waals surface area contributed by atoms with Crippen LogP contribution in [0.25, 0.3) is 0 Å². The predicted molar refractivity (Wildman–Crippen MR) is 75.0 cm³/mol. The number of ether oxygens (including phenoxy) is 2. The van der Waals surface area contributed by atoms with Crippen molar-refractivity contribution in [1.29, 1.82) is 0 Å². The molecule has 0 saturated heterocycles. The van der Waals surface area contributed by atoms with E-state index in [9.17, 15) is 4.79 Å². The Morgan fingerprint density at radius 1 is 1.21 bits per heavy atom. The van der Waals surface area contributed by atoms with E-state index in [0.29, 0.717) is 0 Å². The lowest BCUT2D eigenvalue weighted by molar-refractivity contribution is 0.0697. The molecule has 0 saturated carbocycles. The summed E-state index contributed by atoms with van der Waals surface area (Å²) in [5.41, 5.74) is 0.143. The molecule has 6 heteroatoms. The Morgan fingerprint density at radius 3 is 2.11 bits per heavy atom. The van der Waals surface area contributed by atoms with Gasteiger partial charge in [-0.05, 0) is 12.1 Å². The van der Waals surface area contributed by atoms with Gasteiger partial charge in [-0.25, -0.2) is 4.79 Å². The predicted octanol–water partition coefficient (Wildman–Crippen LogP) is 1.91. The average molecular weight is 290 g/mol. The lowest BCUT2D eigenvalue weighted by atomic mass is 10.2. The number of benzene rings is 1. The van der Waals surface area contributed by atoms with Gasteiger partial charge in [0.25, 0.3) is 0 Å². The molecule has 1 aromatic carbocycles. The number of hydrogen-bond donors (Lipinski definition) is 2. The molecule has 0 aromatic heterocycles. The molecule has 0 amide bonds. The number of nitrogens with one attached hydrogen (secondary N) is 1.